The van der Waals surface area contributed by atoms with E-state index >= 15 is 0 Å². The Hall–Kier alpha value is -3.50. The van der Waals surface area contributed by atoms with Crippen molar-refractivity contribution in [2.24, 2.45) is 5.41 Å². The van der Waals surface area contributed by atoms with Crippen molar-refractivity contribution in [3.63, 3.8) is 0 Å². The molecule has 1 fully saturated rings. The van der Waals surface area contributed by atoms with Crippen LogP contribution in [0.1, 0.15) is 68.1 Å². The number of anilines is 1. The Balaban J connectivity index is 1.60. The molecule has 5 rings (SSSR count). The van der Waals surface area contributed by atoms with Gasteiger partial charge in [-0.3, -0.25) is 4.98 Å². The summed E-state index contributed by atoms with van der Waals surface area (Å²) in [5.74, 6) is -0.301. The van der Waals surface area contributed by atoms with Crippen molar-refractivity contribution in [3.05, 3.63) is 82.0 Å². The first kappa shape index (κ1) is 23.3. The molecule has 1 aliphatic carbocycles. The highest BCUT2D eigenvalue weighted by Crippen LogP contribution is 2.37. The van der Waals surface area contributed by atoms with Crippen LogP contribution in [0.3, 0.4) is 0 Å². The maximum atomic E-state index is 13.7. The van der Waals surface area contributed by atoms with E-state index in [0.717, 1.165) is 40.7 Å². The van der Waals surface area contributed by atoms with Gasteiger partial charge in [-0.1, -0.05) is 49.7 Å². The van der Waals surface area contributed by atoms with Crippen LogP contribution in [0.15, 0.2) is 48.8 Å². The van der Waals surface area contributed by atoms with Crippen LogP contribution in [0.4, 0.5) is 10.1 Å². The molecule has 1 saturated carbocycles. The number of benzene rings is 2. The van der Waals surface area contributed by atoms with Gasteiger partial charge >= 0.3 is 0 Å². The summed E-state index contributed by atoms with van der Waals surface area (Å²) in [6.07, 6.45) is 6.44. The van der Waals surface area contributed by atoms with Crippen molar-refractivity contribution >= 4 is 28.2 Å². The summed E-state index contributed by atoms with van der Waals surface area (Å²) in [6, 6.07) is 12.5. The van der Waals surface area contributed by atoms with Gasteiger partial charge in [-0.05, 0) is 60.1 Å². The van der Waals surface area contributed by atoms with Crippen LogP contribution in [-0.4, -0.2) is 20.0 Å². The van der Waals surface area contributed by atoms with E-state index in [1.807, 2.05) is 23.0 Å². The molecule has 2 heterocycles. The van der Waals surface area contributed by atoms with Crippen LogP contribution in [0.25, 0.3) is 10.9 Å². The smallest absolute Gasteiger partial charge is 0.123 e. The first-order chi connectivity index (χ1) is 16.7. The Bertz CT molecular complexity index is 1430. The third kappa shape index (κ3) is 4.98. The molecule has 0 spiro atoms. The number of hydrogen-bond donors (Lipinski definition) is 1. The summed E-state index contributed by atoms with van der Waals surface area (Å²) in [5, 5.41) is 23.3. The van der Waals surface area contributed by atoms with Gasteiger partial charge in [-0.15, -0.1) is 5.10 Å². The average molecular weight is 489 g/mol. The van der Waals surface area contributed by atoms with Gasteiger partial charge in [0.15, 0.2) is 0 Å². The summed E-state index contributed by atoms with van der Waals surface area (Å²) in [5.41, 5.74) is 4.44. The normalized spacial score (nSPS) is 14.6. The lowest BCUT2D eigenvalue weighted by Gasteiger charge is -2.22. The summed E-state index contributed by atoms with van der Waals surface area (Å²) in [4.78, 5) is 4.47. The Kier molecular flexibility index (Phi) is 5.94. The molecule has 8 heteroatoms. The van der Waals surface area contributed by atoms with E-state index in [1.54, 1.807) is 18.3 Å². The van der Waals surface area contributed by atoms with E-state index in [2.05, 4.69) is 47.5 Å². The lowest BCUT2D eigenvalue weighted by molar-refractivity contribution is 0.412. The molecule has 0 saturated heterocycles. The van der Waals surface area contributed by atoms with Gasteiger partial charge in [0.05, 0.1) is 34.4 Å². The minimum atomic E-state index is -0.366. The minimum absolute atomic E-state index is 0.0340. The van der Waals surface area contributed by atoms with Crippen molar-refractivity contribution in [3.8, 4) is 6.07 Å². The molecule has 35 heavy (non-hydrogen) atoms. The van der Waals surface area contributed by atoms with Gasteiger partial charge in [0.2, 0.25) is 0 Å². The van der Waals surface area contributed by atoms with E-state index in [1.165, 1.54) is 12.1 Å². The van der Waals surface area contributed by atoms with Crippen LogP contribution in [-0.2, 0) is 6.42 Å². The van der Waals surface area contributed by atoms with Crippen LogP contribution < -0.4 is 5.32 Å². The van der Waals surface area contributed by atoms with Gasteiger partial charge in [0.25, 0.3) is 0 Å². The number of aromatic nitrogens is 4. The predicted octanol–water partition coefficient (Wildman–Crippen LogP) is 6.62. The lowest BCUT2D eigenvalue weighted by atomic mass is 9.85. The number of nitrogens with one attached hydrogen (secondary N) is 1. The number of rotatable bonds is 6. The van der Waals surface area contributed by atoms with Crippen LogP contribution in [0.2, 0.25) is 5.02 Å². The van der Waals surface area contributed by atoms with Crippen molar-refractivity contribution in [2.45, 2.75) is 52.1 Å². The van der Waals surface area contributed by atoms with Crippen molar-refractivity contribution in [1.29, 1.82) is 5.26 Å². The van der Waals surface area contributed by atoms with E-state index in [0.29, 0.717) is 28.6 Å². The molecule has 2 aromatic heterocycles. The number of fused-ring (bicyclic) bond motifs is 1. The molecular formula is C27H26ClFN6. The van der Waals surface area contributed by atoms with Crippen molar-refractivity contribution in [1.82, 2.24) is 20.0 Å². The largest absolute Gasteiger partial charge is 0.373 e. The predicted molar refractivity (Wildman–Crippen MR) is 135 cm³/mol. The molecule has 6 nitrogen and oxygen atoms in total. The second kappa shape index (κ2) is 8.94. The summed E-state index contributed by atoms with van der Waals surface area (Å²) in [6.45, 7) is 6.41. The molecule has 0 amide bonds. The molecule has 1 atom stereocenters. The quantitative estimate of drug-likeness (QED) is 0.330. The van der Waals surface area contributed by atoms with E-state index < -0.39 is 0 Å². The Labute approximate surface area is 208 Å². The topological polar surface area (TPSA) is 79.4 Å². The fourth-order valence-corrected chi connectivity index (χ4v) is 4.57. The molecule has 1 unspecified atom stereocenters. The molecular weight excluding hydrogens is 463 g/mol. The molecule has 4 aromatic rings. The van der Waals surface area contributed by atoms with Crippen LogP contribution in [0.5, 0.6) is 0 Å². The Morgan fingerprint density at radius 2 is 1.97 bits per heavy atom. The molecule has 178 valence electrons. The fraction of sp³-hybridized carbons (Fsp3) is 0.333. The second-order valence-electron chi connectivity index (χ2n) is 10.3. The maximum Gasteiger partial charge on any atom is 0.123 e. The average Bonchev–Trinajstić information content (AvgIpc) is 3.55. The number of pyridine rings is 1. The van der Waals surface area contributed by atoms with Gasteiger partial charge in [0.1, 0.15) is 17.6 Å². The Morgan fingerprint density at radius 3 is 2.63 bits per heavy atom. The zero-order valence-electron chi connectivity index (χ0n) is 19.9. The van der Waals surface area contributed by atoms with Gasteiger partial charge in [-0.25, -0.2) is 9.07 Å². The van der Waals surface area contributed by atoms with Gasteiger partial charge < -0.3 is 5.32 Å². The number of halogens is 2. The fourth-order valence-electron chi connectivity index (χ4n) is 4.30. The number of hydrogen-bond acceptors (Lipinski definition) is 5. The maximum absolute atomic E-state index is 13.7. The molecule has 0 radical (unpaired) electrons. The molecule has 2 aromatic carbocycles. The standard InChI is InChI=1S/C27H26ClFN6/c1-27(2,3)12-22-17(13-30)14-31-26-21(22)10-19(11-23(26)28)32-25(16-4-6-18(29)7-5-16)24-15-35(34-33-24)20-8-9-20/h4-7,10-11,14-15,20,25,32H,8-9,12H2,1-3H3. The lowest BCUT2D eigenvalue weighted by Crippen LogP contribution is -2.14. The monoisotopic (exact) mass is 488 g/mol. The molecule has 0 bridgehead atoms. The number of nitrogens with zero attached hydrogens (tertiary/aromatic N) is 5. The molecule has 1 aliphatic rings. The number of nitriles is 1. The Morgan fingerprint density at radius 1 is 1.23 bits per heavy atom. The summed E-state index contributed by atoms with van der Waals surface area (Å²) < 4.78 is 15.6. The third-order valence-corrected chi connectivity index (χ3v) is 6.41. The van der Waals surface area contributed by atoms with Crippen molar-refractivity contribution in [2.75, 3.05) is 5.32 Å². The highest BCUT2D eigenvalue weighted by molar-refractivity contribution is 6.35. The van der Waals surface area contributed by atoms with E-state index in [4.69, 9.17) is 11.6 Å². The van der Waals surface area contributed by atoms with E-state index in [9.17, 15) is 9.65 Å². The van der Waals surface area contributed by atoms with Gasteiger partial charge in [0, 0.05) is 17.3 Å². The highest BCUT2D eigenvalue weighted by atomic mass is 35.5. The first-order valence-electron chi connectivity index (χ1n) is 11.7. The van der Waals surface area contributed by atoms with Crippen LogP contribution in [0, 0.1) is 22.6 Å². The second-order valence-corrected chi connectivity index (χ2v) is 10.7. The van der Waals surface area contributed by atoms with Crippen LogP contribution >= 0.6 is 11.6 Å². The molecule has 1 N–H and O–H groups in total. The van der Waals surface area contributed by atoms with Gasteiger partial charge in [-0.2, -0.15) is 5.26 Å². The SMILES string of the molecule is CC(C)(C)Cc1c(C#N)cnc2c(Cl)cc(NC(c3ccc(F)cc3)c3cn(C4CC4)nn3)cc12. The highest BCUT2D eigenvalue weighted by Gasteiger charge is 2.27. The minimum Gasteiger partial charge on any atom is -0.373 e. The third-order valence-electron chi connectivity index (χ3n) is 6.12. The zero-order chi connectivity index (χ0) is 24.7. The van der Waals surface area contributed by atoms with E-state index in [-0.39, 0.29) is 17.3 Å². The zero-order valence-corrected chi connectivity index (χ0v) is 20.6. The van der Waals surface area contributed by atoms with Crippen molar-refractivity contribution < 1.29 is 4.39 Å². The first-order valence-corrected chi connectivity index (χ1v) is 12.0. The summed E-state index contributed by atoms with van der Waals surface area (Å²) in [7, 11) is 0. The molecule has 0 aliphatic heterocycles. The summed E-state index contributed by atoms with van der Waals surface area (Å²) >= 11 is 6.68.